The average Bonchev–Trinajstić information content (AvgIpc) is 2.51. The molecule has 0 bridgehead atoms. The molecule has 0 saturated heterocycles. The molecule has 0 radical (unpaired) electrons. The van der Waals surface area contributed by atoms with Crippen molar-refractivity contribution in [3.8, 4) is 0 Å². The van der Waals surface area contributed by atoms with E-state index in [1.54, 1.807) is 4.90 Å². The van der Waals surface area contributed by atoms with Crippen LogP contribution in [0.1, 0.15) is 12.0 Å². The van der Waals surface area contributed by atoms with Crippen LogP contribution in [0.15, 0.2) is 53.0 Å². The molecule has 0 unspecified atom stereocenters. The fourth-order valence-corrected chi connectivity index (χ4v) is 2.98. The molecule has 0 saturated carbocycles. The second-order valence-corrected chi connectivity index (χ2v) is 6.08. The molecule has 0 fully saturated rings. The van der Waals surface area contributed by atoms with Gasteiger partial charge in [0, 0.05) is 22.3 Å². The summed E-state index contributed by atoms with van der Waals surface area (Å²) in [6.07, 6.45) is 1.15. The first-order valence-corrected chi connectivity index (χ1v) is 7.86. The third kappa shape index (κ3) is 3.20. The summed E-state index contributed by atoms with van der Waals surface area (Å²) in [6, 6.07) is 15.0. The first kappa shape index (κ1) is 14.8. The van der Waals surface area contributed by atoms with E-state index >= 15 is 0 Å². The first-order chi connectivity index (χ1) is 10.6. The van der Waals surface area contributed by atoms with Crippen LogP contribution in [0.5, 0.6) is 0 Å². The molecule has 0 aromatic heterocycles. The second kappa shape index (κ2) is 6.32. The second-order valence-electron chi connectivity index (χ2n) is 5.17. The van der Waals surface area contributed by atoms with E-state index in [0.717, 1.165) is 21.4 Å². The van der Waals surface area contributed by atoms with E-state index in [4.69, 9.17) is 0 Å². The van der Waals surface area contributed by atoms with Crippen molar-refractivity contribution >= 4 is 39.1 Å². The van der Waals surface area contributed by atoms with Gasteiger partial charge in [-0.15, -0.1) is 0 Å². The Morgan fingerprint density at radius 3 is 2.68 bits per heavy atom. The zero-order chi connectivity index (χ0) is 15.5. The highest BCUT2D eigenvalue weighted by molar-refractivity contribution is 9.10. The summed E-state index contributed by atoms with van der Waals surface area (Å²) in [5, 5.41) is 2.81. The lowest BCUT2D eigenvalue weighted by molar-refractivity contribution is -0.121. The number of aryl methyl sites for hydroxylation is 1. The maximum absolute atomic E-state index is 12.2. The number of para-hydroxylation sites is 1. The van der Waals surface area contributed by atoms with Crippen molar-refractivity contribution in [2.45, 2.75) is 12.8 Å². The predicted octanol–water partition coefficient (Wildman–Crippen LogP) is 3.37. The Morgan fingerprint density at radius 2 is 1.91 bits per heavy atom. The number of carbonyl (C=O) groups is 2. The van der Waals surface area contributed by atoms with Crippen molar-refractivity contribution in [1.82, 2.24) is 0 Å². The molecule has 1 aliphatic heterocycles. The van der Waals surface area contributed by atoms with Crippen LogP contribution in [-0.2, 0) is 16.0 Å². The molecular formula is C17H15BrN2O2. The molecule has 2 aromatic rings. The van der Waals surface area contributed by atoms with Crippen LogP contribution in [0.3, 0.4) is 0 Å². The van der Waals surface area contributed by atoms with E-state index in [1.807, 2.05) is 48.5 Å². The van der Waals surface area contributed by atoms with Gasteiger partial charge in [0.05, 0.1) is 0 Å². The molecule has 5 heteroatoms. The van der Waals surface area contributed by atoms with Crippen molar-refractivity contribution in [2.75, 3.05) is 16.8 Å². The number of fused-ring (bicyclic) bond motifs is 1. The van der Waals surface area contributed by atoms with Crippen LogP contribution < -0.4 is 10.2 Å². The summed E-state index contributed by atoms with van der Waals surface area (Å²) < 4.78 is 0.981. The minimum Gasteiger partial charge on any atom is -0.325 e. The largest absolute Gasteiger partial charge is 0.325 e. The number of benzene rings is 2. The SMILES string of the molecule is O=C(CN1C(=O)CCc2cc(Br)ccc21)Nc1ccccc1. The van der Waals surface area contributed by atoms with Gasteiger partial charge >= 0.3 is 0 Å². The molecule has 112 valence electrons. The minimum atomic E-state index is -0.199. The number of nitrogens with one attached hydrogen (secondary N) is 1. The summed E-state index contributed by atoms with van der Waals surface area (Å²) in [6.45, 7) is 0.0301. The van der Waals surface area contributed by atoms with Crippen LogP contribution in [0.25, 0.3) is 0 Å². The van der Waals surface area contributed by atoms with E-state index in [-0.39, 0.29) is 18.4 Å². The Balaban J connectivity index is 1.77. The standard InChI is InChI=1S/C17H15BrN2O2/c18-13-7-8-15-12(10-13)6-9-17(22)20(15)11-16(21)19-14-4-2-1-3-5-14/h1-5,7-8,10H,6,9,11H2,(H,19,21). The first-order valence-electron chi connectivity index (χ1n) is 7.07. The van der Waals surface area contributed by atoms with Crippen molar-refractivity contribution in [1.29, 1.82) is 0 Å². The lowest BCUT2D eigenvalue weighted by atomic mass is 10.0. The number of carbonyl (C=O) groups excluding carboxylic acids is 2. The van der Waals surface area contributed by atoms with Gasteiger partial charge in [-0.05, 0) is 42.3 Å². The highest BCUT2D eigenvalue weighted by Crippen LogP contribution is 2.30. The molecule has 1 heterocycles. The van der Waals surface area contributed by atoms with E-state index < -0.39 is 0 Å². The lowest BCUT2D eigenvalue weighted by Crippen LogP contribution is -2.40. The zero-order valence-corrected chi connectivity index (χ0v) is 13.5. The molecule has 2 amide bonds. The topological polar surface area (TPSA) is 49.4 Å². The normalized spacial score (nSPS) is 13.7. The van der Waals surface area contributed by atoms with E-state index in [2.05, 4.69) is 21.2 Å². The van der Waals surface area contributed by atoms with Gasteiger partial charge in [0.15, 0.2) is 0 Å². The molecule has 0 spiro atoms. The Kier molecular flexibility index (Phi) is 4.24. The summed E-state index contributed by atoms with van der Waals surface area (Å²) >= 11 is 3.44. The van der Waals surface area contributed by atoms with Crippen molar-refractivity contribution in [3.63, 3.8) is 0 Å². The van der Waals surface area contributed by atoms with Gasteiger partial charge in [0.25, 0.3) is 0 Å². The Hall–Kier alpha value is -2.14. The summed E-state index contributed by atoms with van der Waals surface area (Å²) in [5.74, 6) is -0.214. The van der Waals surface area contributed by atoms with Gasteiger partial charge in [-0.3, -0.25) is 9.59 Å². The number of rotatable bonds is 3. The maximum Gasteiger partial charge on any atom is 0.244 e. The van der Waals surface area contributed by atoms with Gasteiger partial charge in [-0.1, -0.05) is 34.1 Å². The average molecular weight is 359 g/mol. The Labute approximate surface area is 137 Å². The van der Waals surface area contributed by atoms with Crippen LogP contribution >= 0.6 is 15.9 Å². The molecule has 22 heavy (non-hydrogen) atoms. The number of hydrogen-bond donors (Lipinski definition) is 1. The van der Waals surface area contributed by atoms with Crippen LogP contribution in [-0.4, -0.2) is 18.4 Å². The number of hydrogen-bond acceptors (Lipinski definition) is 2. The van der Waals surface area contributed by atoms with Crippen molar-refractivity contribution in [2.24, 2.45) is 0 Å². The minimum absolute atomic E-state index is 0.0157. The van der Waals surface area contributed by atoms with Crippen LogP contribution in [0, 0.1) is 0 Å². The van der Waals surface area contributed by atoms with E-state index in [9.17, 15) is 9.59 Å². The molecule has 4 nitrogen and oxygen atoms in total. The lowest BCUT2D eigenvalue weighted by Gasteiger charge is -2.29. The quantitative estimate of drug-likeness (QED) is 0.914. The zero-order valence-electron chi connectivity index (χ0n) is 11.9. The highest BCUT2D eigenvalue weighted by Gasteiger charge is 2.26. The van der Waals surface area contributed by atoms with E-state index in [0.29, 0.717) is 12.8 Å². The van der Waals surface area contributed by atoms with Crippen LogP contribution in [0.4, 0.5) is 11.4 Å². The van der Waals surface area contributed by atoms with Gasteiger partial charge in [0.2, 0.25) is 11.8 Å². The maximum atomic E-state index is 12.2. The number of amides is 2. The Morgan fingerprint density at radius 1 is 1.14 bits per heavy atom. The molecule has 0 aliphatic carbocycles. The molecule has 3 rings (SSSR count). The summed E-state index contributed by atoms with van der Waals surface area (Å²) in [4.78, 5) is 25.9. The van der Waals surface area contributed by atoms with Crippen LogP contribution in [0.2, 0.25) is 0 Å². The molecule has 1 aliphatic rings. The Bertz CT molecular complexity index is 716. The fraction of sp³-hybridized carbons (Fsp3) is 0.176. The third-order valence-electron chi connectivity index (χ3n) is 3.60. The fourth-order valence-electron chi connectivity index (χ4n) is 2.57. The monoisotopic (exact) mass is 358 g/mol. The number of halogens is 1. The predicted molar refractivity (Wildman–Crippen MR) is 89.9 cm³/mol. The summed E-state index contributed by atoms with van der Waals surface area (Å²) in [7, 11) is 0. The molecular weight excluding hydrogens is 344 g/mol. The molecule has 0 atom stereocenters. The highest BCUT2D eigenvalue weighted by atomic mass is 79.9. The van der Waals surface area contributed by atoms with Crippen molar-refractivity contribution in [3.05, 3.63) is 58.6 Å². The number of anilines is 2. The van der Waals surface area contributed by atoms with E-state index in [1.165, 1.54) is 0 Å². The smallest absolute Gasteiger partial charge is 0.244 e. The molecule has 1 N–H and O–H groups in total. The third-order valence-corrected chi connectivity index (χ3v) is 4.09. The van der Waals surface area contributed by atoms with Gasteiger partial charge in [-0.2, -0.15) is 0 Å². The molecule has 2 aromatic carbocycles. The van der Waals surface area contributed by atoms with Crippen molar-refractivity contribution < 1.29 is 9.59 Å². The van der Waals surface area contributed by atoms with Gasteiger partial charge < -0.3 is 10.2 Å². The van der Waals surface area contributed by atoms with Gasteiger partial charge in [-0.25, -0.2) is 0 Å². The van der Waals surface area contributed by atoms with Gasteiger partial charge in [0.1, 0.15) is 6.54 Å². The summed E-state index contributed by atoms with van der Waals surface area (Å²) in [5.41, 5.74) is 2.64. The number of nitrogens with zero attached hydrogens (tertiary/aromatic N) is 1.